The lowest BCUT2D eigenvalue weighted by Gasteiger charge is -2.24. The Morgan fingerprint density at radius 3 is 2.45 bits per heavy atom. The summed E-state index contributed by atoms with van der Waals surface area (Å²) in [4.78, 5) is 14.8. The molecule has 0 aliphatic carbocycles. The van der Waals surface area contributed by atoms with Gasteiger partial charge in [-0.25, -0.2) is 0 Å². The van der Waals surface area contributed by atoms with Crippen LogP contribution in [0.25, 0.3) is 5.69 Å². The Bertz CT molecular complexity index is 1230. The minimum atomic E-state index is -5.01. The zero-order chi connectivity index (χ0) is 24.1. The van der Waals surface area contributed by atoms with E-state index in [-0.39, 0.29) is 16.3 Å². The van der Waals surface area contributed by atoms with Crippen molar-refractivity contribution in [2.75, 3.05) is 0 Å². The Hall–Kier alpha value is -3.19. The SMILES string of the molecule is O=C(O)C[C@H]1O[C@H](c2cccnc2C(F)(F)F)c2cc(Cl)ccc2-n2c1nnc2C(F)(F)F. The van der Waals surface area contributed by atoms with Crippen LogP contribution in [0.15, 0.2) is 36.5 Å². The van der Waals surface area contributed by atoms with E-state index >= 15 is 0 Å². The van der Waals surface area contributed by atoms with Crippen LogP contribution >= 0.6 is 11.6 Å². The summed E-state index contributed by atoms with van der Waals surface area (Å²) in [6, 6.07) is 5.74. The van der Waals surface area contributed by atoms with E-state index in [1.54, 1.807) is 0 Å². The van der Waals surface area contributed by atoms with Gasteiger partial charge in [0, 0.05) is 22.3 Å². The number of fused-ring (bicyclic) bond motifs is 3. The lowest BCUT2D eigenvalue weighted by molar-refractivity contribution is -0.147. The second kappa shape index (κ2) is 7.99. The van der Waals surface area contributed by atoms with Crippen molar-refractivity contribution in [3.63, 3.8) is 0 Å². The molecule has 14 heteroatoms. The zero-order valence-corrected chi connectivity index (χ0v) is 16.8. The van der Waals surface area contributed by atoms with Gasteiger partial charge in [0.05, 0.1) is 12.1 Å². The fourth-order valence-corrected chi connectivity index (χ4v) is 3.75. The van der Waals surface area contributed by atoms with Gasteiger partial charge in [-0.05, 0) is 24.3 Å². The molecule has 0 saturated heterocycles. The van der Waals surface area contributed by atoms with Crippen molar-refractivity contribution < 1.29 is 41.0 Å². The zero-order valence-electron chi connectivity index (χ0n) is 16.0. The van der Waals surface area contributed by atoms with Gasteiger partial charge in [0.25, 0.3) is 0 Å². The predicted molar refractivity (Wildman–Crippen MR) is 98.5 cm³/mol. The second-order valence-corrected chi connectivity index (χ2v) is 7.40. The van der Waals surface area contributed by atoms with Crippen LogP contribution in [0.2, 0.25) is 5.02 Å². The molecule has 33 heavy (non-hydrogen) atoms. The normalized spacial score (nSPS) is 18.4. The summed E-state index contributed by atoms with van der Waals surface area (Å²) >= 11 is 6.01. The number of ether oxygens (including phenoxy) is 1. The van der Waals surface area contributed by atoms with Crippen LogP contribution in [0.3, 0.4) is 0 Å². The average Bonchev–Trinajstić information content (AvgIpc) is 3.11. The standard InChI is InChI=1S/C19H11ClF6N4O3/c20-8-3-4-11-10(6-8)14(9-2-1-5-27-15(9)18(21,22)23)33-12(7-13(31)32)16-28-29-17(30(11)16)19(24,25)26/h1-6,12,14H,7H2,(H,31,32)/t12-,14-/m1/s1. The molecular weight excluding hydrogens is 482 g/mol. The van der Waals surface area contributed by atoms with E-state index in [1.807, 2.05) is 0 Å². The highest BCUT2D eigenvalue weighted by Gasteiger charge is 2.45. The first kappa shape index (κ1) is 23.0. The third kappa shape index (κ3) is 4.25. The van der Waals surface area contributed by atoms with Crippen LogP contribution in [0.4, 0.5) is 26.3 Å². The third-order valence-corrected chi connectivity index (χ3v) is 5.03. The summed E-state index contributed by atoms with van der Waals surface area (Å²) in [6.07, 6.45) is -13.3. The number of alkyl halides is 6. The molecular formula is C19H11ClF6N4O3. The molecule has 4 rings (SSSR count). The molecule has 1 aliphatic rings. The highest BCUT2D eigenvalue weighted by molar-refractivity contribution is 6.30. The first-order valence-corrected chi connectivity index (χ1v) is 9.47. The van der Waals surface area contributed by atoms with Gasteiger partial charge in [0.15, 0.2) is 11.5 Å². The molecule has 2 aromatic heterocycles. The number of carbonyl (C=O) groups is 1. The lowest BCUT2D eigenvalue weighted by atomic mass is 9.97. The molecule has 0 spiro atoms. The predicted octanol–water partition coefficient (Wildman–Crippen LogP) is 4.99. The van der Waals surface area contributed by atoms with Gasteiger partial charge < -0.3 is 9.84 Å². The number of halogens is 7. The minimum absolute atomic E-state index is 0.000309. The largest absolute Gasteiger partial charge is 0.481 e. The number of aliphatic carboxylic acids is 1. The fourth-order valence-electron chi connectivity index (χ4n) is 3.57. The van der Waals surface area contributed by atoms with Gasteiger partial charge in [-0.3, -0.25) is 14.3 Å². The molecule has 1 N–H and O–H groups in total. The number of pyridine rings is 1. The van der Waals surface area contributed by atoms with Crippen LogP contribution < -0.4 is 0 Å². The summed E-state index contributed by atoms with van der Waals surface area (Å²) in [7, 11) is 0. The van der Waals surface area contributed by atoms with Crippen LogP contribution in [0.1, 0.15) is 47.1 Å². The van der Waals surface area contributed by atoms with Crippen LogP contribution in [0, 0.1) is 0 Å². The van der Waals surface area contributed by atoms with Crippen molar-refractivity contribution >= 4 is 17.6 Å². The van der Waals surface area contributed by atoms with Crippen molar-refractivity contribution in [1.82, 2.24) is 19.7 Å². The molecule has 2 atom stereocenters. The smallest absolute Gasteiger partial charge is 0.452 e. The molecule has 0 unspecified atom stereocenters. The molecule has 0 radical (unpaired) electrons. The van der Waals surface area contributed by atoms with Crippen molar-refractivity contribution in [2.24, 2.45) is 0 Å². The molecule has 1 aliphatic heterocycles. The summed E-state index contributed by atoms with van der Waals surface area (Å²) < 4.78 is 88.3. The van der Waals surface area contributed by atoms with Crippen LogP contribution in [-0.2, 0) is 21.9 Å². The Morgan fingerprint density at radius 1 is 1.09 bits per heavy atom. The van der Waals surface area contributed by atoms with Crippen molar-refractivity contribution in [3.8, 4) is 5.69 Å². The molecule has 0 saturated carbocycles. The number of carboxylic acid groups (broad SMARTS) is 1. The number of hydrogen-bond acceptors (Lipinski definition) is 5. The maximum atomic E-state index is 13.7. The summed E-state index contributed by atoms with van der Waals surface area (Å²) in [5.74, 6) is -3.51. The van der Waals surface area contributed by atoms with Gasteiger partial charge in [-0.15, -0.1) is 10.2 Å². The van der Waals surface area contributed by atoms with E-state index in [0.717, 1.165) is 24.4 Å². The summed E-state index contributed by atoms with van der Waals surface area (Å²) in [5.41, 5.74) is -2.32. The number of aromatic nitrogens is 4. The lowest BCUT2D eigenvalue weighted by Crippen LogP contribution is -2.19. The fraction of sp³-hybridized carbons (Fsp3) is 0.263. The van der Waals surface area contributed by atoms with E-state index in [9.17, 15) is 36.2 Å². The Balaban J connectivity index is 2.04. The number of hydrogen-bond donors (Lipinski definition) is 1. The van der Waals surface area contributed by atoms with E-state index in [2.05, 4.69) is 15.2 Å². The third-order valence-electron chi connectivity index (χ3n) is 4.79. The number of benzene rings is 1. The van der Waals surface area contributed by atoms with Crippen LogP contribution in [-0.4, -0.2) is 30.8 Å². The highest BCUT2D eigenvalue weighted by atomic mass is 35.5. The topological polar surface area (TPSA) is 90.1 Å². The van der Waals surface area contributed by atoms with Gasteiger partial charge in [-0.2, -0.15) is 26.3 Å². The molecule has 3 heterocycles. The molecule has 3 aromatic rings. The van der Waals surface area contributed by atoms with Crippen molar-refractivity contribution in [1.29, 1.82) is 0 Å². The summed E-state index contributed by atoms with van der Waals surface area (Å²) in [5, 5.41) is 15.9. The second-order valence-electron chi connectivity index (χ2n) is 6.96. The van der Waals surface area contributed by atoms with E-state index in [4.69, 9.17) is 16.3 Å². The molecule has 0 fully saturated rings. The Labute approximate surface area is 185 Å². The maximum absolute atomic E-state index is 13.7. The van der Waals surface area contributed by atoms with Gasteiger partial charge in [-0.1, -0.05) is 17.7 Å². The van der Waals surface area contributed by atoms with E-state index in [0.29, 0.717) is 4.57 Å². The molecule has 0 amide bonds. The van der Waals surface area contributed by atoms with E-state index < -0.39 is 59.9 Å². The van der Waals surface area contributed by atoms with Crippen molar-refractivity contribution in [3.05, 3.63) is 70.0 Å². The molecule has 0 bridgehead atoms. The monoisotopic (exact) mass is 492 g/mol. The number of rotatable bonds is 3. The minimum Gasteiger partial charge on any atom is -0.481 e. The van der Waals surface area contributed by atoms with Crippen molar-refractivity contribution in [2.45, 2.75) is 31.0 Å². The van der Waals surface area contributed by atoms with Gasteiger partial charge >= 0.3 is 18.3 Å². The number of carboxylic acids is 1. The van der Waals surface area contributed by atoms with Gasteiger partial charge in [0.2, 0.25) is 5.82 Å². The summed E-state index contributed by atoms with van der Waals surface area (Å²) in [6.45, 7) is 0. The Morgan fingerprint density at radius 2 is 1.82 bits per heavy atom. The maximum Gasteiger partial charge on any atom is 0.452 e. The average molecular weight is 493 g/mol. The molecule has 7 nitrogen and oxygen atoms in total. The highest BCUT2D eigenvalue weighted by Crippen LogP contribution is 2.46. The molecule has 1 aromatic carbocycles. The first-order chi connectivity index (χ1) is 15.4. The quantitative estimate of drug-likeness (QED) is 0.518. The number of nitrogens with zero attached hydrogens (tertiary/aromatic N) is 4. The Kier molecular flexibility index (Phi) is 5.56. The molecule has 174 valence electrons. The first-order valence-electron chi connectivity index (χ1n) is 9.09. The van der Waals surface area contributed by atoms with Crippen LogP contribution in [0.5, 0.6) is 0 Å². The van der Waals surface area contributed by atoms with E-state index in [1.165, 1.54) is 12.1 Å². The van der Waals surface area contributed by atoms with Gasteiger partial charge in [0.1, 0.15) is 12.2 Å².